The van der Waals surface area contributed by atoms with Crippen LogP contribution in [-0.2, 0) is 0 Å². The second-order valence-electron chi connectivity index (χ2n) is 4.25. The maximum absolute atomic E-state index is 11.6. The molecule has 0 radical (unpaired) electrons. The van der Waals surface area contributed by atoms with Crippen LogP contribution < -0.4 is 11.1 Å². The second kappa shape index (κ2) is 5.07. The summed E-state index contributed by atoms with van der Waals surface area (Å²) < 4.78 is 0. The average molecular weight is 223 g/mol. The van der Waals surface area contributed by atoms with Crippen molar-refractivity contribution in [2.45, 2.75) is 19.3 Å². The Balaban J connectivity index is 1.81. The molecule has 2 atom stereocenters. The summed E-state index contributed by atoms with van der Waals surface area (Å²) in [6.07, 6.45) is 4.97. The average Bonchev–Trinajstić information content (AvgIpc) is 2.96. The molecule has 0 saturated heterocycles. The molecule has 2 unspecified atom stereocenters. The lowest BCUT2D eigenvalue weighted by molar-refractivity contribution is 0.0939. The number of nitrogens with two attached hydrogens (primary N) is 1. The molecule has 2 rings (SSSR count). The van der Waals surface area contributed by atoms with E-state index >= 15 is 0 Å². The Morgan fingerprint density at radius 1 is 1.56 bits per heavy atom. The zero-order chi connectivity index (χ0) is 11.4. The summed E-state index contributed by atoms with van der Waals surface area (Å²) in [7, 11) is 0. The van der Waals surface area contributed by atoms with Gasteiger partial charge in [-0.15, -0.1) is 0 Å². The Morgan fingerprint density at radius 2 is 2.38 bits per heavy atom. The fourth-order valence-corrected chi connectivity index (χ4v) is 2.32. The molecule has 88 valence electrons. The highest BCUT2D eigenvalue weighted by molar-refractivity contribution is 5.91. The number of rotatable bonds is 4. The third-order valence-corrected chi connectivity index (χ3v) is 3.29. The van der Waals surface area contributed by atoms with Crippen molar-refractivity contribution in [3.8, 4) is 0 Å². The van der Waals surface area contributed by atoms with Gasteiger partial charge in [-0.1, -0.05) is 6.42 Å². The quantitative estimate of drug-likeness (QED) is 0.664. The summed E-state index contributed by atoms with van der Waals surface area (Å²) in [6, 6.07) is 0. The summed E-state index contributed by atoms with van der Waals surface area (Å²) in [5.41, 5.74) is 6.02. The smallest absolute Gasteiger partial charge is 0.273 e. The van der Waals surface area contributed by atoms with Crippen molar-refractivity contribution in [1.82, 2.24) is 20.7 Å². The lowest BCUT2D eigenvalue weighted by atomic mass is 9.96. The van der Waals surface area contributed by atoms with Gasteiger partial charge in [0, 0.05) is 6.54 Å². The van der Waals surface area contributed by atoms with Gasteiger partial charge in [0.15, 0.2) is 5.69 Å². The normalized spacial score (nSPS) is 24.6. The first-order valence-corrected chi connectivity index (χ1v) is 5.65. The number of nitrogens with zero attached hydrogens (tertiary/aromatic N) is 2. The molecule has 1 heterocycles. The molecule has 1 aromatic heterocycles. The number of nitrogens with one attached hydrogen (secondary N) is 2. The molecule has 6 heteroatoms. The number of amides is 1. The van der Waals surface area contributed by atoms with Crippen LogP contribution in [0.3, 0.4) is 0 Å². The van der Waals surface area contributed by atoms with Crippen LogP contribution in [0, 0.1) is 11.8 Å². The van der Waals surface area contributed by atoms with Crippen molar-refractivity contribution in [2.75, 3.05) is 13.1 Å². The molecule has 1 aromatic rings. The van der Waals surface area contributed by atoms with Crippen LogP contribution in [0.25, 0.3) is 0 Å². The molecule has 0 bridgehead atoms. The van der Waals surface area contributed by atoms with Crippen molar-refractivity contribution in [3.63, 3.8) is 0 Å². The predicted octanol–water partition coefficient (Wildman–Crippen LogP) is -0.0905. The molecule has 4 N–H and O–H groups in total. The van der Waals surface area contributed by atoms with E-state index in [1.165, 1.54) is 19.0 Å². The summed E-state index contributed by atoms with van der Waals surface area (Å²) in [5.74, 6) is 0.898. The van der Waals surface area contributed by atoms with Crippen molar-refractivity contribution in [1.29, 1.82) is 0 Å². The molecule has 1 aliphatic rings. The minimum absolute atomic E-state index is 0.170. The van der Waals surface area contributed by atoms with Gasteiger partial charge in [0.2, 0.25) is 0 Å². The highest BCUT2D eigenvalue weighted by Gasteiger charge is 2.26. The maximum Gasteiger partial charge on any atom is 0.273 e. The first-order chi connectivity index (χ1) is 7.81. The Morgan fingerprint density at radius 3 is 3.06 bits per heavy atom. The van der Waals surface area contributed by atoms with Gasteiger partial charge < -0.3 is 11.1 Å². The minimum Gasteiger partial charge on any atom is -0.350 e. The van der Waals surface area contributed by atoms with Gasteiger partial charge in [0.1, 0.15) is 0 Å². The van der Waals surface area contributed by atoms with Crippen LogP contribution in [0.15, 0.2) is 6.20 Å². The van der Waals surface area contributed by atoms with E-state index in [2.05, 4.69) is 20.7 Å². The topological polar surface area (TPSA) is 96.7 Å². The highest BCUT2D eigenvalue weighted by atomic mass is 16.1. The summed E-state index contributed by atoms with van der Waals surface area (Å²) in [4.78, 5) is 11.6. The van der Waals surface area contributed by atoms with E-state index in [0.717, 1.165) is 6.42 Å². The van der Waals surface area contributed by atoms with Gasteiger partial charge in [-0.2, -0.15) is 15.4 Å². The van der Waals surface area contributed by atoms with Gasteiger partial charge in [-0.3, -0.25) is 4.79 Å². The molecule has 1 amide bonds. The van der Waals surface area contributed by atoms with Crippen molar-refractivity contribution < 1.29 is 4.79 Å². The molecule has 6 nitrogen and oxygen atoms in total. The third-order valence-electron chi connectivity index (χ3n) is 3.29. The fourth-order valence-electron chi connectivity index (χ4n) is 2.32. The molecular weight excluding hydrogens is 206 g/mol. The number of hydrogen-bond donors (Lipinski definition) is 3. The van der Waals surface area contributed by atoms with Gasteiger partial charge in [-0.05, 0) is 31.2 Å². The van der Waals surface area contributed by atoms with Crippen molar-refractivity contribution in [2.24, 2.45) is 17.6 Å². The summed E-state index contributed by atoms with van der Waals surface area (Å²) in [6.45, 7) is 1.40. The molecule has 0 spiro atoms. The Bertz CT molecular complexity index is 337. The van der Waals surface area contributed by atoms with Crippen LogP contribution in [0.4, 0.5) is 0 Å². The Kier molecular flexibility index (Phi) is 3.51. The molecule has 1 saturated carbocycles. The zero-order valence-corrected chi connectivity index (χ0v) is 9.15. The maximum atomic E-state index is 11.6. The summed E-state index contributed by atoms with van der Waals surface area (Å²) >= 11 is 0. The lowest BCUT2D eigenvalue weighted by Gasteiger charge is -2.17. The molecule has 1 aliphatic carbocycles. The van der Waals surface area contributed by atoms with E-state index in [-0.39, 0.29) is 5.91 Å². The molecule has 0 aliphatic heterocycles. The van der Waals surface area contributed by atoms with E-state index in [9.17, 15) is 4.79 Å². The van der Waals surface area contributed by atoms with Crippen LogP contribution in [0.2, 0.25) is 0 Å². The largest absolute Gasteiger partial charge is 0.350 e. The van der Waals surface area contributed by atoms with Crippen LogP contribution in [-0.4, -0.2) is 34.4 Å². The first kappa shape index (κ1) is 11.1. The molecule has 1 fully saturated rings. The molecule has 0 aromatic carbocycles. The van der Waals surface area contributed by atoms with E-state index in [0.29, 0.717) is 30.6 Å². The van der Waals surface area contributed by atoms with E-state index in [4.69, 9.17) is 5.73 Å². The lowest BCUT2D eigenvalue weighted by Crippen LogP contribution is -2.33. The van der Waals surface area contributed by atoms with E-state index in [1.807, 2.05) is 0 Å². The van der Waals surface area contributed by atoms with Gasteiger partial charge in [0.05, 0.1) is 6.20 Å². The highest BCUT2D eigenvalue weighted by Crippen LogP contribution is 2.30. The van der Waals surface area contributed by atoms with Crippen LogP contribution in [0.1, 0.15) is 29.8 Å². The van der Waals surface area contributed by atoms with Gasteiger partial charge in [-0.25, -0.2) is 0 Å². The molecular formula is C10H17N5O. The number of carbonyl (C=O) groups is 1. The molecule has 16 heavy (non-hydrogen) atoms. The van der Waals surface area contributed by atoms with E-state index < -0.39 is 0 Å². The Labute approximate surface area is 94.0 Å². The third kappa shape index (κ3) is 2.38. The SMILES string of the molecule is NCC1CCCC1CNC(=O)c1cn[nH]n1. The van der Waals surface area contributed by atoms with Gasteiger partial charge in [0.25, 0.3) is 5.91 Å². The number of hydrogen-bond acceptors (Lipinski definition) is 4. The predicted molar refractivity (Wildman–Crippen MR) is 58.6 cm³/mol. The fraction of sp³-hybridized carbons (Fsp3) is 0.700. The zero-order valence-electron chi connectivity index (χ0n) is 9.15. The number of aromatic nitrogens is 3. The number of carbonyl (C=O) groups excluding carboxylic acids is 1. The minimum atomic E-state index is -0.170. The first-order valence-electron chi connectivity index (χ1n) is 5.65. The van der Waals surface area contributed by atoms with Crippen molar-refractivity contribution in [3.05, 3.63) is 11.9 Å². The number of aromatic amines is 1. The van der Waals surface area contributed by atoms with Gasteiger partial charge >= 0.3 is 0 Å². The Hall–Kier alpha value is -1.43. The standard InChI is InChI=1S/C10H17N5O/c11-4-7-2-1-3-8(7)5-12-10(16)9-6-13-15-14-9/h6-8H,1-5,11H2,(H,12,16)(H,13,14,15). The van der Waals surface area contributed by atoms with Crippen LogP contribution >= 0.6 is 0 Å². The summed E-state index contributed by atoms with van der Waals surface area (Å²) in [5, 5.41) is 12.6. The number of H-pyrrole nitrogens is 1. The monoisotopic (exact) mass is 223 g/mol. The second-order valence-corrected chi connectivity index (χ2v) is 4.25. The van der Waals surface area contributed by atoms with Crippen LogP contribution in [0.5, 0.6) is 0 Å². The van der Waals surface area contributed by atoms with E-state index in [1.54, 1.807) is 0 Å². The van der Waals surface area contributed by atoms with Crippen molar-refractivity contribution >= 4 is 5.91 Å².